The Bertz CT molecular complexity index is 1690. The number of nitrogens with zero attached hydrogens (tertiary/aromatic N) is 1. The summed E-state index contributed by atoms with van der Waals surface area (Å²) in [5.41, 5.74) is -1.13. The van der Waals surface area contributed by atoms with Crippen LogP contribution in [0.1, 0.15) is 37.3 Å². The molecule has 0 radical (unpaired) electrons. The summed E-state index contributed by atoms with van der Waals surface area (Å²) in [7, 11) is 0. The molecule has 0 unspecified atom stereocenters. The molecule has 1 N–H and O–H groups in total. The summed E-state index contributed by atoms with van der Waals surface area (Å²) in [6.45, 7) is -0.442. The van der Waals surface area contributed by atoms with Gasteiger partial charge in [0.25, 0.3) is 5.56 Å². The average molecular weight is 591 g/mol. The van der Waals surface area contributed by atoms with Crippen LogP contribution in [0.2, 0.25) is 5.02 Å². The van der Waals surface area contributed by atoms with E-state index in [-0.39, 0.29) is 21.7 Å². The molecule has 2 heterocycles. The number of aromatic amines is 1. The number of nitrogens with one attached hydrogen (secondary N) is 1. The van der Waals surface area contributed by atoms with E-state index in [2.05, 4.69) is 4.98 Å². The van der Waals surface area contributed by atoms with E-state index in [9.17, 15) is 24.0 Å². The zero-order valence-corrected chi connectivity index (χ0v) is 22.5. The molecule has 4 atom stereocenters. The minimum Gasteiger partial charge on any atom is -0.459 e. The fraction of sp³-hybridized carbons (Fsp3) is 0.167. The third kappa shape index (κ3) is 6.32. The molecule has 5 rings (SSSR count). The molecule has 0 spiro atoms. The van der Waals surface area contributed by atoms with E-state index >= 15 is 0 Å². The van der Waals surface area contributed by atoms with Crippen LogP contribution in [0.3, 0.4) is 0 Å². The maximum atomic E-state index is 13.2. The van der Waals surface area contributed by atoms with Crippen molar-refractivity contribution in [2.75, 3.05) is 6.61 Å². The quantitative estimate of drug-likeness (QED) is 0.241. The first-order valence-electron chi connectivity index (χ1n) is 12.7. The summed E-state index contributed by atoms with van der Waals surface area (Å²) >= 11 is 6.00. The van der Waals surface area contributed by atoms with Crippen molar-refractivity contribution in [3.05, 3.63) is 140 Å². The van der Waals surface area contributed by atoms with Crippen molar-refractivity contribution in [1.29, 1.82) is 0 Å². The highest BCUT2D eigenvalue weighted by Crippen LogP contribution is 2.35. The van der Waals surface area contributed by atoms with Gasteiger partial charge in [0.1, 0.15) is 17.7 Å². The molecule has 0 amide bonds. The predicted molar refractivity (Wildman–Crippen MR) is 148 cm³/mol. The van der Waals surface area contributed by atoms with E-state index < -0.39 is 60.3 Å². The van der Waals surface area contributed by atoms with Crippen molar-refractivity contribution < 1.29 is 33.3 Å². The van der Waals surface area contributed by atoms with Crippen LogP contribution in [0.5, 0.6) is 0 Å². The Morgan fingerprint density at radius 3 is 1.74 bits per heavy atom. The van der Waals surface area contributed by atoms with Gasteiger partial charge >= 0.3 is 23.6 Å². The van der Waals surface area contributed by atoms with E-state index in [4.69, 9.17) is 30.5 Å². The normalized spacial score (nSPS) is 19.5. The molecule has 1 aliphatic rings. The van der Waals surface area contributed by atoms with E-state index in [0.29, 0.717) is 0 Å². The molecule has 1 saturated heterocycles. The summed E-state index contributed by atoms with van der Waals surface area (Å²) in [5, 5.41) is -0.344. The van der Waals surface area contributed by atoms with Crippen LogP contribution in [0.4, 0.5) is 0 Å². The standard InChI is InChI=1S/C30H23ClN2O9/c31-21-16-33(30(38)32-25(21)34)26-24(42-29(37)20-14-8-3-9-15-20)23(41-28(36)19-12-6-2-7-13-19)22(40-26)17-39-27(35)18-10-4-1-5-11-18/h1-16,22-24,26H,17H2,(H,32,34,38)/t22-,23-,24-,26-/m1/s1. The molecule has 0 aliphatic carbocycles. The van der Waals surface area contributed by atoms with Gasteiger partial charge in [-0.05, 0) is 36.4 Å². The number of hydrogen-bond acceptors (Lipinski definition) is 9. The second kappa shape index (κ2) is 12.7. The van der Waals surface area contributed by atoms with Gasteiger partial charge in [-0.25, -0.2) is 19.2 Å². The Morgan fingerprint density at radius 1 is 0.738 bits per heavy atom. The number of carbonyl (C=O) groups excluding carboxylic acids is 3. The van der Waals surface area contributed by atoms with E-state index in [1.54, 1.807) is 66.7 Å². The van der Waals surface area contributed by atoms with Gasteiger partial charge in [-0.3, -0.25) is 14.3 Å². The van der Waals surface area contributed by atoms with Gasteiger partial charge < -0.3 is 18.9 Å². The number of ether oxygens (including phenoxy) is 4. The number of H-pyrrole nitrogens is 1. The largest absolute Gasteiger partial charge is 0.459 e. The molecule has 1 fully saturated rings. The van der Waals surface area contributed by atoms with Gasteiger partial charge in [0.05, 0.1) is 16.7 Å². The summed E-state index contributed by atoms with van der Waals surface area (Å²) in [5.74, 6) is -2.27. The van der Waals surface area contributed by atoms with Crippen molar-refractivity contribution in [1.82, 2.24) is 9.55 Å². The number of hydrogen-bond donors (Lipinski definition) is 1. The number of carbonyl (C=O) groups is 3. The SMILES string of the molecule is O=C(OC[C@H]1O[C@@H](n2cc(Cl)c(=O)[nH]c2=O)[C@H](OC(=O)c2ccccc2)[C@@H]1OC(=O)c1ccccc1)c1ccccc1. The monoisotopic (exact) mass is 590 g/mol. The summed E-state index contributed by atoms with van der Waals surface area (Å²) in [6, 6.07) is 24.2. The predicted octanol–water partition coefficient (Wildman–Crippen LogP) is 3.40. The highest BCUT2D eigenvalue weighted by molar-refractivity contribution is 6.30. The molecular weight excluding hydrogens is 568 g/mol. The van der Waals surface area contributed by atoms with Crippen molar-refractivity contribution in [2.24, 2.45) is 0 Å². The number of aromatic nitrogens is 2. The Balaban J connectivity index is 1.52. The van der Waals surface area contributed by atoms with Crippen molar-refractivity contribution in [3.63, 3.8) is 0 Å². The molecule has 0 bridgehead atoms. The third-order valence-corrected chi connectivity index (χ3v) is 6.65. The zero-order valence-electron chi connectivity index (χ0n) is 21.8. The zero-order chi connectivity index (χ0) is 29.6. The molecule has 3 aromatic carbocycles. The maximum absolute atomic E-state index is 13.2. The molecule has 1 aromatic heterocycles. The van der Waals surface area contributed by atoms with Gasteiger partial charge in [-0.15, -0.1) is 0 Å². The minimum atomic E-state index is -1.44. The molecule has 11 nitrogen and oxygen atoms in total. The van der Waals surface area contributed by atoms with E-state index in [1.807, 2.05) is 0 Å². The van der Waals surface area contributed by atoms with Gasteiger partial charge in [0.15, 0.2) is 18.4 Å². The highest BCUT2D eigenvalue weighted by Gasteiger charge is 2.51. The number of esters is 3. The van der Waals surface area contributed by atoms with Gasteiger partial charge in [-0.1, -0.05) is 66.2 Å². The summed E-state index contributed by atoms with van der Waals surface area (Å²) in [6.07, 6.45) is -4.43. The highest BCUT2D eigenvalue weighted by atomic mass is 35.5. The topological polar surface area (TPSA) is 143 Å². The fourth-order valence-corrected chi connectivity index (χ4v) is 4.48. The first kappa shape index (κ1) is 28.5. The fourth-order valence-electron chi connectivity index (χ4n) is 4.33. The number of halogens is 1. The lowest BCUT2D eigenvalue weighted by Crippen LogP contribution is -2.43. The van der Waals surface area contributed by atoms with Crippen LogP contribution in [0, 0.1) is 0 Å². The van der Waals surface area contributed by atoms with Crippen LogP contribution in [0.15, 0.2) is 107 Å². The van der Waals surface area contributed by atoms with Crippen LogP contribution in [-0.2, 0) is 18.9 Å². The Labute approximate surface area is 243 Å². The number of rotatable bonds is 8. The first-order valence-corrected chi connectivity index (χ1v) is 13.1. The van der Waals surface area contributed by atoms with Crippen LogP contribution < -0.4 is 11.2 Å². The molecule has 1 aliphatic heterocycles. The molecule has 0 saturated carbocycles. The first-order chi connectivity index (χ1) is 20.3. The Morgan fingerprint density at radius 2 is 1.21 bits per heavy atom. The van der Waals surface area contributed by atoms with Crippen LogP contribution >= 0.6 is 11.6 Å². The Kier molecular flexibility index (Phi) is 8.60. The van der Waals surface area contributed by atoms with E-state index in [0.717, 1.165) is 10.8 Å². The average Bonchev–Trinajstić information content (AvgIpc) is 3.34. The second-order valence-electron chi connectivity index (χ2n) is 9.15. The summed E-state index contributed by atoms with van der Waals surface area (Å²) in [4.78, 5) is 65.8. The van der Waals surface area contributed by atoms with Crippen molar-refractivity contribution in [2.45, 2.75) is 24.5 Å². The molecule has 42 heavy (non-hydrogen) atoms. The molecular formula is C30H23ClN2O9. The lowest BCUT2D eigenvalue weighted by molar-refractivity contribution is -0.0640. The van der Waals surface area contributed by atoms with Gasteiger partial charge in [0, 0.05) is 6.20 Å². The lowest BCUT2D eigenvalue weighted by Gasteiger charge is -2.25. The van der Waals surface area contributed by atoms with Crippen molar-refractivity contribution in [3.8, 4) is 0 Å². The van der Waals surface area contributed by atoms with Crippen molar-refractivity contribution >= 4 is 29.5 Å². The van der Waals surface area contributed by atoms with E-state index in [1.165, 1.54) is 24.3 Å². The van der Waals surface area contributed by atoms with Gasteiger partial charge in [-0.2, -0.15) is 0 Å². The van der Waals surface area contributed by atoms with Crippen LogP contribution in [-0.4, -0.2) is 52.4 Å². The molecule has 214 valence electrons. The smallest absolute Gasteiger partial charge is 0.338 e. The third-order valence-electron chi connectivity index (χ3n) is 6.38. The second-order valence-corrected chi connectivity index (χ2v) is 9.55. The molecule has 4 aromatic rings. The van der Waals surface area contributed by atoms with Crippen LogP contribution in [0.25, 0.3) is 0 Å². The summed E-state index contributed by atoms with van der Waals surface area (Å²) < 4.78 is 24.0. The molecule has 12 heteroatoms. The maximum Gasteiger partial charge on any atom is 0.338 e. The number of benzene rings is 3. The Hall–Kier alpha value is -5.00. The van der Waals surface area contributed by atoms with Gasteiger partial charge in [0.2, 0.25) is 0 Å². The lowest BCUT2D eigenvalue weighted by atomic mass is 10.1. The minimum absolute atomic E-state index is 0.176.